The summed E-state index contributed by atoms with van der Waals surface area (Å²) >= 11 is 0. The molecule has 0 unspecified atom stereocenters. The number of para-hydroxylation sites is 1. The van der Waals surface area contributed by atoms with E-state index in [0.717, 1.165) is 36.9 Å². The third-order valence-corrected chi connectivity index (χ3v) is 6.94. The van der Waals surface area contributed by atoms with Gasteiger partial charge in [0.1, 0.15) is 17.3 Å². The molecule has 0 bridgehead atoms. The van der Waals surface area contributed by atoms with Crippen LogP contribution in [-0.2, 0) is 6.54 Å². The number of aromatic hydroxyl groups is 1. The maximum atomic E-state index is 13.2. The van der Waals surface area contributed by atoms with E-state index in [9.17, 15) is 19.1 Å². The molecule has 0 radical (unpaired) electrons. The number of amides is 2. The van der Waals surface area contributed by atoms with Crippen molar-refractivity contribution in [1.82, 2.24) is 15.1 Å². The highest BCUT2D eigenvalue weighted by Crippen LogP contribution is 2.38. The predicted molar refractivity (Wildman–Crippen MR) is 146 cm³/mol. The lowest BCUT2D eigenvalue weighted by Crippen LogP contribution is -2.30. The summed E-state index contributed by atoms with van der Waals surface area (Å²) in [4.78, 5) is 26.1. The zero-order valence-electron chi connectivity index (χ0n) is 21.5. The van der Waals surface area contributed by atoms with Gasteiger partial charge in [0.05, 0.1) is 24.1 Å². The first-order valence-corrected chi connectivity index (χ1v) is 12.8. The Kier molecular flexibility index (Phi) is 7.58. The fourth-order valence-corrected chi connectivity index (χ4v) is 4.91. The molecule has 1 heterocycles. The van der Waals surface area contributed by atoms with Gasteiger partial charge >= 0.3 is 6.03 Å². The number of ether oxygens (including phenoxy) is 1. The van der Waals surface area contributed by atoms with Gasteiger partial charge in [0.2, 0.25) is 0 Å². The largest absolute Gasteiger partial charge is 0.507 e. The topological polar surface area (TPSA) is 105 Å². The molecule has 0 aliphatic heterocycles. The Morgan fingerprint density at radius 1 is 1.05 bits per heavy atom. The number of benzene rings is 3. The number of phenolic OH excluding ortho intramolecular Hbond substituents is 1. The van der Waals surface area contributed by atoms with Crippen molar-refractivity contribution in [2.45, 2.75) is 38.1 Å². The molecule has 1 aromatic heterocycles. The molecule has 9 heteroatoms. The summed E-state index contributed by atoms with van der Waals surface area (Å²) in [6, 6.07) is 18.9. The van der Waals surface area contributed by atoms with Gasteiger partial charge in [-0.25, -0.2) is 9.18 Å². The van der Waals surface area contributed by atoms with Crippen LogP contribution in [0.1, 0.15) is 53.2 Å². The van der Waals surface area contributed by atoms with Crippen molar-refractivity contribution in [3.63, 3.8) is 0 Å². The van der Waals surface area contributed by atoms with Crippen LogP contribution in [0.5, 0.6) is 11.5 Å². The summed E-state index contributed by atoms with van der Waals surface area (Å²) in [5, 5.41) is 21.0. The smallest absolute Gasteiger partial charge is 0.342 e. The molecule has 39 heavy (non-hydrogen) atoms. The van der Waals surface area contributed by atoms with Crippen molar-refractivity contribution in [3.05, 3.63) is 95.4 Å². The van der Waals surface area contributed by atoms with Crippen LogP contribution in [-0.4, -0.2) is 33.9 Å². The number of aromatic nitrogens is 2. The highest BCUT2D eigenvalue weighted by Gasteiger charge is 2.26. The molecule has 2 amide bonds. The van der Waals surface area contributed by atoms with E-state index in [1.165, 1.54) is 30.0 Å². The lowest BCUT2D eigenvalue weighted by Gasteiger charge is -2.12. The molecule has 8 nitrogen and oxygen atoms in total. The second-order valence-electron chi connectivity index (χ2n) is 9.52. The number of carbonyl (C=O) groups excluding carboxylic acids is 2. The summed E-state index contributed by atoms with van der Waals surface area (Å²) in [7, 11) is 1.50. The maximum absolute atomic E-state index is 13.2. The van der Waals surface area contributed by atoms with Gasteiger partial charge in [-0.2, -0.15) is 9.78 Å². The second kappa shape index (κ2) is 11.4. The fraction of sp³-hybridized carbons (Fsp3) is 0.233. The van der Waals surface area contributed by atoms with Gasteiger partial charge in [-0.3, -0.25) is 4.79 Å². The van der Waals surface area contributed by atoms with Gasteiger partial charge in [0, 0.05) is 23.7 Å². The van der Waals surface area contributed by atoms with Crippen LogP contribution in [0.15, 0.2) is 72.8 Å². The third kappa shape index (κ3) is 5.77. The van der Waals surface area contributed by atoms with Crippen molar-refractivity contribution in [2.75, 3.05) is 12.4 Å². The SMILES string of the molecule is COc1ccccc1C(=O)Nc1ccc(O)c(-c2cc(C3CCCC3)n(C(=O)NCc3ccc(F)cc3)n2)c1. The van der Waals surface area contributed by atoms with Crippen LogP contribution in [0.4, 0.5) is 14.9 Å². The van der Waals surface area contributed by atoms with E-state index in [4.69, 9.17) is 4.74 Å². The van der Waals surface area contributed by atoms with Gasteiger partial charge in [-0.1, -0.05) is 37.1 Å². The van der Waals surface area contributed by atoms with Crippen molar-refractivity contribution < 1.29 is 23.8 Å². The van der Waals surface area contributed by atoms with Gasteiger partial charge in [0.15, 0.2) is 0 Å². The van der Waals surface area contributed by atoms with Gasteiger partial charge in [-0.15, -0.1) is 0 Å². The summed E-state index contributed by atoms with van der Waals surface area (Å²) in [6.45, 7) is 0.216. The minimum atomic E-state index is -0.410. The summed E-state index contributed by atoms with van der Waals surface area (Å²) < 4.78 is 19.9. The average Bonchev–Trinajstić information content (AvgIpc) is 3.64. The molecule has 0 spiro atoms. The lowest BCUT2D eigenvalue weighted by atomic mass is 10.0. The highest BCUT2D eigenvalue weighted by atomic mass is 19.1. The predicted octanol–water partition coefficient (Wildman–Crippen LogP) is 6.07. The monoisotopic (exact) mass is 528 g/mol. The number of halogens is 1. The van der Waals surface area contributed by atoms with E-state index < -0.39 is 6.03 Å². The lowest BCUT2D eigenvalue weighted by molar-refractivity contribution is 0.102. The van der Waals surface area contributed by atoms with E-state index >= 15 is 0 Å². The van der Waals surface area contributed by atoms with Gasteiger partial charge in [-0.05, 0) is 66.9 Å². The van der Waals surface area contributed by atoms with E-state index in [-0.39, 0.29) is 29.9 Å². The number of hydrogen-bond donors (Lipinski definition) is 3. The molecule has 1 aliphatic carbocycles. The fourth-order valence-electron chi connectivity index (χ4n) is 4.91. The first-order chi connectivity index (χ1) is 18.9. The first kappa shape index (κ1) is 26.0. The van der Waals surface area contributed by atoms with Crippen molar-refractivity contribution in [1.29, 1.82) is 0 Å². The van der Waals surface area contributed by atoms with Crippen molar-refractivity contribution >= 4 is 17.6 Å². The van der Waals surface area contributed by atoms with Crippen molar-refractivity contribution in [3.8, 4) is 22.8 Å². The standard InChI is InChI=1S/C30H29FN4O4/c1-39-28-9-5-4-8-23(28)29(37)33-22-14-15-27(36)24(16-22)25-17-26(20-6-2-3-7-20)35(34-25)30(38)32-18-19-10-12-21(31)13-11-19/h4-5,8-17,20,36H,2-3,6-7,18H2,1H3,(H,32,38)(H,33,37). The molecule has 5 rings (SSSR count). The number of methoxy groups -OCH3 is 1. The Morgan fingerprint density at radius 2 is 1.79 bits per heavy atom. The summed E-state index contributed by atoms with van der Waals surface area (Å²) in [5.74, 6) is -0.119. The Labute approximate surface area is 225 Å². The van der Waals surface area contributed by atoms with Crippen LogP contribution < -0.4 is 15.4 Å². The molecule has 200 valence electrons. The summed E-state index contributed by atoms with van der Waals surface area (Å²) in [6.07, 6.45) is 4.02. The first-order valence-electron chi connectivity index (χ1n) is 12.8. The number of nitrogens with zero attached hydrogens (tertiary/aromatic N) is 2. The Bertz CT molecular complexity index is 1490. The minimum absolute atomic E-state index is 0.0281. The van der Waals surface area contributed by atoms with Crippen LogP contribution in [0.3, 0.4) is 0 Å². The van der Waals surface area contributed by atoms with E-state index in [0.29, 0.717) is 28.3 Å². The van der Waals surface area contributed by atoms with Crippen molar-refractivity contribution in [2.24, 2.45) is 0 Å². The molecule has 3 N–H and O–H groups in total. The van der Waals surface area contributed by atoms with E-state index in [1.54, 1.807) is 48.5 Å². The molecule has 1 aliphatic rings. The molecule has 0 saturated heterocycles. The van der Waals surface area contributed by atoms with Gasteiger partial charge in [0.25, 0.3) is 5.91 Å². The third-order valence-electron chi connectivity index (χ3n) is 6.94. The Morgan fingerprint density at radius 3 is 2.54 bits per heavy atom. The second-order valence-corrected chi connectivity index (χ2v) is 9.52. The molecule has 4 aromatic rings. The van der Waals surface area contributed by atoms with Crippen LogP contribution >= 0.6 is 0 Å². The average molecular weight is 529 g/mol. The molecule has 3 aromatic carbocycles. The summed E-state index contributed by atoms with van der Waals surface area (Å²) in [5.41, 5.74) is 3.16. The highest BCUT2D eigenvalue weighted by molar-refractivity contribution is 6.06. The number of nitrogens with one attached hydrogen (secondary N) is 2. The zero-order valence-corrected chi connectivity index (χ0v) is 21.5. The zero-order chi connectivity index (χ0) is 27.4. The van der Waals surface area contributed by atoms with Crippen LogP contribution in [0.2, 0.25) is 0 Å². The molecule has 0 atom stereocenters. The van der Waals surface area contributed by atoms with Crippen LogP contribution in [0.25, 0.3) is 11.3 Å². The molecule has 1 fully saturated rings. The maximum Gasteiger partial charge on any atom is 0.342 e. The van der Waals surface area contributed by atoms with E-state index in [2.05, 4.69) is 15.7 Å². The van der Waals surface area contributed by atoms with Crippen LogP contribution in [0, 0.1) is 5.82 Å². The Balaban J connectivity index is 1.42. The van der Waals surface area contributed by atoms with E-state index in [1.807, 2.05) is 6.07 Å². The van der Waals surface area contributed by atoms with Gasteiger partial charge < -0.3 is 20.5 Å². The quantitative estimate of drug-likeness (QED) is 0.253. The minimum Gasteiger partial charge on any atom is -0.507 e. The number of anilines is 1. The number of hydrogen-bond acceptors (Lipinski definition) is 5. The normalized spacial score (nSPS) is 13.3. The Hall–Kier alpha value is -4.66. The molecular weight excluding hydrogens is 499 g/mol. The molecular formula is C30H29FN4O4. The molecule has 1 saturated carbocycles. The number of phenols is 1. The number of carbonyl (C=O) groups is 2. The number of rotatable bonds is 7.